The van der Waals surface area contributed by atoms with E-state index in [-0.39, 0.29) is 24.6 Å². The van der Waals surface area contributed by atoms with Gasteiger partial charge in [0.25, 0.3) is 5.91 Å². The zero-order valence-electron chi connectivity index (χ0n) is 12.9. The van der Waals surface area contributed by atoms with Crippen molar-refractivity contribution < 1.29 is 9.53 Å². The van der Waals surface area contributed by atoms with Crippen LogP contribution in [-0.2, 0) is 4.79 Å². The number of fused-ring (bicyclic) bond motifs is 2. The van der Waals surface area contributed by atoms with E-state index in [0.29, 0.717) is 27.6 Å². The Kier molecular flexibility index (Phi) is 5.34. The average Bonchev–Trinajstić information content (AvgIpc) is 2.45. The Hall–Kier alpha value is -0.970. The minimum atomic E-state index is -0.0986. The Morgan fingerprint density at radius 3 is 2.39 bits per heavy atom. The zero-order chi connectivity index (χ0) is 16.4. The van der Waals surface area contributed by atoms with E-state index in [9.17, 15) is 4.79 Å². The van der Waals surface area contributed by atoms with E-state index in [1.807, 2.05) is 0 Å². The normalized spacial score (nSPS) is 29.9. The summed E-state index contributed by atoms with van der Waals surface area (Å²) in [6.07, 6.45) is 5.56. The first kappa shape index (κ1) is 16.9. The summed E-state index contributed by atoms with van der Waals surface area (Å²) in [6.45, 7) is -0.0291. The number of carbonyl (C=O) groups excluding carboxylic acids is 1. The fourth-order valence-corrected chi connectivity index (χ4v) is 4.52. The number of hydrogen-bond donors (Lipinski definition) is 2. The molecule has 0 heterocycles. The van der Waals surface area contributed by atoms with Crippen molar-refractivity contribution >= 4 is 29.1 Å². The van der Waals surface area contributed by atoms with Crippen LogP contribution < -0.4 is 15.8 Å². The Morgan fingerprint density at radius 2 is 1.78 bits per heavy atom. The summed E-state index contributed by atoms with van der Waals surface area (Å²) in [7, 11) is 0. The van der Waals surface area contributed by atoms with Gasteiger partial charge in [-0.25, -0.2) is 0 Å². The van der Waals surface area contributed by atoms with Gasteiger partial charge in [-0.2, -0.15) is 0 Å². The molecule has 2 aliphatic rings. The molecule has 0 aromatic heterocycles. The molecule has 0 aliphatic heterocycles. The number of rotatable bonds is 4. The summed E-state index contributed by atoms with van der Waals surface area (Å²) in [5.41, 5.74) is 6.12. The van der Waals surface area contributed by atoms with Gasteiger partial charge in [-0.3, -0.25) is 4.79 Å². The van der Waals surface area contributed by atoms with Crippen LogP contribution in [0.5, 0.6) is 5.75 Å². The number of ether oxygens (including phenoxy) is 1. The smallest absolute Gasteiger partial charge is 0.258 e. The molecule has 0 radical (unpaired) electrons. The summed E-state index contributed by atoms with van der Waals surface area (Å²) >= 11 is 11.8. The lowest BCUT2D eigenvalue weighted by Crippen LogP contribution is -2.54. The minimum absolute atomic E-state index is 0.0291. The first-order chi connectivity index (χ1) is 11.0. The van der Waals surface area contributed by atoms with Gasteiger partial charge in [0.1, 0.15) is 5.75 Å². The van der Waals surface area contributed by atoms with Gasteiger partial charge < -0.3 is 15.8 Å². The molecule has 3 rings (SSSR count). The van der Waals surface area contributed by atoms with E-state index in [2.05, 4.69) is 5.32 Å². The topological polar surface area (TPSA) is 64.3 Å². The summed E-state index contributed by atoms with van der Waals surface area (Å²) < 4.78 is 5.51. The molecule has 2 fully saturated rings. The molecule has 126 valence electrons. The van der Waals surface area contributed by atoms with E-state index in [0.717, 1.165) is 25.7 Å². The highest BCUT2D eigenvalue weighted by atomic mass is 35.5. The standard InChI is InChI=1S/C17H22Cl2N2O2/c18-12-6-13(19)8-15(7-12)23-9-16(22)21-17-10-2-1-3-11(17)5-14(20)4-10/h6-8,10-11,14,17H,1-5,9,20H2,(H,21,22). The maximum Gasteiger partial charge on any atom is 0.258 e. The predicted molar refractivity (Wildman–Crippen MR) is 91.9 cm³/mol. The molecule has 4 nitrogen and oxygen atoms in total. The SMILES string of the molecule is NC1CC2CCCC(C1)C2NC(=O)COc1cc(Cl)cc(Cl)c1. The van der Waals surface area contributed by atoms with E-state index >= 15 is 0 Å². The highest BCUT2D eigenvalue weighted by molar-refractivity contribution is 6.34. The number of hydrogen-bond acceptors (Lipinski definition) is 3. The average molecular weight is 357 g/mol. The van der Waals surface area contributed by atoms with Crippen LogP contribution in [0.15, 0.2) is 18.2 Å². The molecule has 23 heavy (non-hydrogen) atoms. The summed E-state index contributed by atoms with van der Waals surface area (Å²) in [5, 5.41) is 4.13. The molecule has 2 aliphatic carbocycles. The Bertz CT molecular complexity index is 547. The third-order valence-electron chi connectivity index (χ3n) is 4.91. The van der Waals surface area contributed by atoms with Crippen molar-refractivity contribution in [3.05, 3.63) is 28.2 Å². The molecule has 1 aromatic carbocycles. The van der Waals surface area contributed by atoms with Crippen LogP contribution in [-0.4, -0.2) is 24.6 Å². The van der Waals surface area contributed by atoms with Crippen LogP contribution in [0.3, 0.4) is 0 Å². The Morgan fingerprint density at radius 1 is 1.17 bits per heavy atom. The second-order valence-corrected chi connectivity index (χ2v) is 7.54. The zero-order valence-corrected chi connectivity index (χ0v) is 14.4. The van der Waals surface area contributed by atoms with Gasteiger partial charge in [0.2, 0.25) is 0 Å². The highest BCUT2D eigenvalue weighted by Gasteiger charge is 2.39. The van der Waals surface area contributed by atoms with Crippen molar-refractivity contribution in [2.75, 3.05) is 6.61 Å². The van der Waals surface area contributed by atoms with E-state index < -0.39 is 0 Å². The summed E-state index contributed by atoms with van der Waals surface area (Å²) in [4.78, 5) is 12.2. The lowest BCUT2D eigenvalue weighted by molar-refractivity contribution is -0.125. The maximum atomic E-state index is 12.2. The predicted octanol–water partition coefficient (Wildman–Crippen LogP) is 3.39. The van der Waals surface area contributed by atoms with Crippen LogP contribution in [0.1, 0.15) is 32.1 Å². The third kappa shape index (κ3) is 4.31. The van der Waals surface area contributed by atoms with Crippen LogP contribution >= 0.6 is 23.2 Å². The van der Waals surface area contributed by atoms with Gasteiger partial charge in [0.05, 0.1) is 0 Å². The molecule has 0 saturated heterocycles. The number of amides is 1. The molecule has 2 atom stereocenters. The minimum Gasteiger partial charge on any atom is -0.484 e. The molecule has 1 amide bonds. The largest absolute Gasteiger partial charge is 0.484 e. The Balaban J connectivity index is 1.55. The Labute approximate surface area is 146 Å². The second-order valence-electron chi connectivity index (χ2n) is 6.67. The van der Waals surface area contributed by atoms with Gasteiger partial charge in [-0.05, 0) is 55.7 Å². The van der Waals surface area contributed by atoms with Crippen molar-refractivity contribution in [2.24, 2.45) is 17.6 Å². The van der Waals surface area contributed by atoms with Crippen molar-refractivity contribution in [1.29, 1.82) is 0 Å². The van der Waals surface area contributed by atoms with E-state index in [1.165, 1.54) is 6.42 Å². The fourth-order valence-electron chi connectivity index (χ4n) is 4.01. The fraction of sp³-hybridized carbons (Fsp3) is 0.588. The molecule has 1 aromatic rings. The first-order valence-electron chi connectivity index (χ1n) is 8.15. The van der Waals surface area contributed by atoms with Crippen molar-refractivity contribution in [3.63, 3.8) is 0 Å². The quantitative estimate of drug-likeness (QED) is 0.868. The number of nitrogens with one attached hydrogen (secondary N) is 1. The van der Waals surface area contributed by atoms with Crippen LogP contribution in [0.25, 0.3) is 0 Å². The maximum absolute atomic E-state index is 12.2. The van der Waals surface area contributed by atoms with Crippen molar-refractivity contribution in [2.45, 2.75) is 44.2 Å². The molecule has 6 heteroatoms. The number of benzene rings is 1. The first-order valence-corrected chi connectivity index (χ1v) is 8.90. The van der Waals surface area contributed by atoms with E-state index in [1.54, 1.807) is 18.2 Å². The number of nitrogens with two attached hydrogens (primary N) is 1. The third-order valence-corrected chi connectivity index (χ3v) is 5.35. The van der Waals surface area contributed by atoms with Crippen LogP contribution in [0.4, 0.5) is 0 Å². The summed E-state index contributed by atoms with van der Waals surface area (Å²) in [6, 6.07) is 5.44. The molecular formula is C17H22Cl2N2O2. The van der Waals surface area contributed by atoms with Gasteiger partial charge in [0, 0.05) is 22.1 Å². The van der Waals surface area contributed by atoms with Gasteiger partial charge >= 0.3 is 0 Å². The lowest BCUT2D eigenvalue weighted by atomic mass is 9.67. The summed E-state index contributed by atoms with van der Waals surface area (Å²) in [5.74, 6) is 1.41. The van der Waals surface area contributed by atoms with Crippen LogP contribution in [0.2, 0.25) is 10.0 Å². The second kappa shape index (κ2) is 7.29. The highest BCUT2D eigenvalue weighted by Crippen LogP contribution is 2.39. The molecule has 2 saturated carbocycles. The van der Waals surface area contributed by atoms with Crippen LogP contribution in [0, 0.1) is 11.8 Å². The lowest BCUT2D eigenvalue weighted by Gasteiger charge is -2.45. The van der Waals surface area contributed by atoms with Gasteiger partial charge in [-0.15, -0.1) is 0 Å². The van der Waals surface area contributed by atoms with Gasteiger partial charge in [-0.1, -0.05) is 29.6 Å². The monoisotopic (exact) mass is 356 g/mol. The van der Waals surface area contributed by atoms with Gasteiger partial charge in [0.15, 0.2) is 6.61 Å². The molecular weight excluding hydrogens is 335 g/mol. The van der Waals surface area contributed by atoms with E-state index in [4.69, 9.17) is 33.7 Å². The molecule has 2 bridgehead atoms. The number of halogens is 2. The van der Waals surface area contributed by atoms with Crippen molar-refractivity contribution in [1.82, 2.24) is 5.32 Å². The van der Waals surface area contributed by atoms with Crippen molar-refractivity contribution in [3.8, 4) is 5.75 Å². The molecule has 0 spiro atoms. The molecule has 2 unspecified atom stereocenters. The molecule has 3 N–H and O–H groups in total. The number of carbonyl (C=O) groups is 1.